The Morgan fingerprint density at radius 2 is 1.79 bits per heavy atom. The average molecular weight is 420 g/mol. The molecule has 0 aliphatic heterocycles. The monoisotopic (exact) mass is 420 g/mol. The van der Waals surface area contributed by atoms with Gasteiger partial charge in [0.2, 0.25) is 0 Å². The molecule has 9 heteroatoms. The van der Waals surface area contributed by atoms with Crippen LogP contribution in [-0.2, 0) is 24.4 Å². The van der Waals surface area contributed by atoms with Gasteiger partial charge in [-0.2, -0.15) is 0 Å². The van der Waals surface area contributed by atoms with E-state index in [4.69, 9.17) is 9.57 Å². The van der Waals surface area contributed by atoms with Gasteiger partial charge in [0.1, 0.15) is 0 Å². The molecular weight excluding hydrogens is 396 g/mol. The molecule has 1 N–H and O–H groups in total. The Morgan fingerprint density at radius 1 is 1.10 bits per heavy atom. The maximum Gasteiger partial charge on any atom is 0.338 e. The summed E-state index contributed by atoms with van der Waals surface area (Å²) in [6.45, 7) is 1.91. The van der Waals surface area contributed by atoms with Gasteiger partial charge in [-0.05, 0) is 29.7 Å². The van der Waals surface area contributed by atoms with Gasteiger partial charge in [-0.3, -0.25) is 9.63 Å². The van der Waals surface area contributed by atoms with Crippen LogP contribution in [0.15, 0.2) is 59.5 Å². The number of benzene rings is 2. The van der Waals surface area contributed by atoms with E-state index in [0.29, 0.717) is 11.0 Å². The number of hydrogen-bond donors (Lipinski definition) is 1. The summed E-state index contributed by atoms with van der Waals surface area (Å²) in [7, 11) is -1.44. The maximum absolute atomic E-state index is 12.3. The summed E-state index contributed by atoms with van der Waals surface area (Å²) in [4.78, 5) is 28.7. The molecule has 1 amide bonds. The quantitative estimate of drug-likeness (QED) is 0.491. The Bertz CT molecular complexity index is 946. The molecule has 0 saturated heterocycles. The minimum absolute atomic E-state index is 0.0148. The summed E-state index contributed by atoms with van der Waals surface area (Å²) in [5.41, 5.74) is 1.10. The van der Waals surface area contributed by atoms with E-state index in [0.717, 1.165) is 5.56 Å². The van der Waals surface area contributed by atoms with Crippen LogP contribution in [0.25, 0.3) is 0 Å². The highest BCUT2D eigenvalue weighted by Gasteiger charge is 2.22. The van der Waals surface area contributed by atoms with Gasteiger partial charge >= 0.3 is 5.97 Å². The lowest BCUT2D eigenvalue weighted by Gasteiger charge is -2.15. The number of hydrogen-bond acceptors (Lipinski definition) is 6. The lowest BCUT2D eigenvalue weighted by molar-refractivity contribution is -0.124. The molecular formula is C20H24N2O6S. The summed E-state index contributed by atoms with van der Waals surface area (Å²) >= 11 is 0. The molecule has 0 spiro atoms. The van der Waals surface area contributed by atoms with E-state index in [-0.39, 0.29) is 16.4 Å². The van der Waals surface area contributed by atoms with Crippen molar-refractivity contribution in [3.05, 3.63) is 65.7 Å². The van der Waals surface area contributed by atoms with Gasteiger partial charge in [0.05, 0.1) is 17.6 Å². The first kappa shape index (κ1) is 22.5. The molecule has 156 valence electrons. The lowest BCUT2D eigenvalue weighted by atomic mass is 10.0. The van der Waals surface area contributed by atoms with Gasteiger partial charge in [-0.1, -0.05) is 47.8 Å². The smallest absolute Gasteiger partial charge is 0.338 e. The summed E-state index contributed by atoms with van der Waals surface area (Å²) in [6, 6.07) is 15.0. The number of sulfonamides is 1. The fourth-order valence-electron chi connectivity index (χ4n) is 2.46. The first-order chi connectivity index (χ1) is 13.8. The van der Waals surface area contributed by atoms with E-state index in [2.05, 4.69) is 5.32 Å². The first-order valence-corrected chi connectivity index (χ1v) is 10.3. The van der Waals surface area contributed by atoms with Crippen molar-refractivity contribution in [2.75, 3.05) is 27.3 Å². The van der Waals surface area contributed by atoms with Crippen LogP contribution in [0.1, 0.15) is 28.8 Å². The summed E-state index contributed by atoms with van der Waals surface area (Å²) in [5, 5.41) is 2.71. The van der Waals surface area contributed by atoms with E-state index in [1.54, 1.807) is 0 Å². The number of nitrogens with one attached hydrogen (secondary N) is 1. The number of esters is 1. The van der Waals surface area contributed by atoms with E-state index in [1.165, 1.54) is 38.4 Å². The van der Waals surface area contributed by atoms with Crippen LogP contribution < -0.4 is 5.32 Å². The summed E-state index contributed by atoms with van der Waals surface area (Å²) in [6.07, 6.45) is 0. The predicted octanol–water partition coefficient (Wildman–Crippen LogP) is 1.95. The molecule has 0 unspecified atom stereocenters. The minimum Gasteiger partial charge on any atom is -0.452 e. The third kappa shape index (κ3) is 6.11. The Labute approximate surface area is 170 Å². The number of hydroxylamine groups is 1. The second-order valence-electron chi connectivity index (χ2n) is 6.32. The van der Waals surface area contributed by atoms with Gasteiger partial charge in [-0.15, -0.1) is 0 Å². The molecule has 0 aromatic heterocycles. The second-order valence-corrected chi connectivity index (χ2v) is 8.25. The normalized spacial score (nSPS) is 12.4. The van der Waals surface area contributed by atoms with Crippen LogP contribution in [0.3, 0.4) is 0 Å². The standard InChI is InChI=1S/C20H24N2O6S/c1-15(16-8-5-4-6-9-16)13-21-19(23)14-28-20(24)17-10-7-11-18(12-17)29(25,26)22(2)27-3/h4-12,15H,13-14H2,1-3H3,(H,21,23)/t15-/m1/s1. The van der Waals surface area contributed by atoms with E-state index < -0.39 is 28.5 Å². The molecule has 0 heterocycles. The van der Waals surface area contributed by atoms with Crippen molar-refractivity contribution in [1.29, 1.82) is 0 Å². The van der Waals surface area contributed by atoms with Crippen LogP contribution in [0.2, 0.25) is 0 Å². The highest BCUT2D eigenvalue weighted by Crippen LogP contribution is 2.17. The van der Waals surface area contributed by atoms with E-state index in [9.17, 15) is 18.0 Å². The molecule has 0 bridgehead atoms. The van der Waals surface area contributed by atoms with Crippen LogP contribution in [0.4, 0.5) is 0 Å². The summed E-state index contributed by atoms with van der Waals surface area (Å²) in [5.74, 6) is -1.13. The Kier molecular flexibility index (Phi) is 7.89. The van der Waals surface area contributed by atoms with Gasteiger partial charge in [0.25, 0.3) is 15.9 Å². The highest BCUT2D eigenvalue weighted by molar-refractivity contribution is 7.89. The van der Waals surface area contributed by atoms with Crippen LogP contribution >= 0.6 is 0 Å². The number of amides is 1. The molecule has 2 aromatic rings. The van der Waals surface area contributed by atoms with Crippen molar-refractivity contribution in [2.24, 2.45) is 0 Å². The van der Waals surface area contributed by atoms with E-state index >= 15 is 0 Å². The molecule has 1 atom stereocenters. The summed E-state index contributed by atoms with van der Waals surface area (Å²) < 4.78 is 30.2. The number of ether oxygens (including phenoxy) is 1. The zero-order valence-electron chi connectivity index (χ0n) is 16.5. The zero-order chi connectivity index (χ0) is 21.4. The van der Waals surface area contributed by atoms with Crippen LogP contribution in [-0.4, -0.2) is 52.1 Å². The largest absolute Gasteiger partial charge is 0.452 e. The minimum atomic E-state index is -3.90. The highest BCUT2D eigenvalue weighted by atomic mass is 32.2. The van der Waals surface area contributed by atoms with Crippen LogP contribution in [0, 0.1) is 0 Å². The molecule has 2 rings (SSSR count). The number of nitrogens with zero attached hydrogens (tertiary/aromatic N) is 1. The van der Waals surface area contributed by atoms with Crippen molar-refractivity contribution in [3.8, 4) is 0 Å². The lowest BCUT2D eigenvalue weighted by Crippen LogP contribution is -2.31. The molecule has 29 heavy (non-hydrogen) atoms. The third-order valence-electron chi connectivity index (χ3n) is 4.27. The van der Waals surface area contributed by atoms with Crippen molar-refractivity contribution in [3.63, 3.8) is 0 Å². The molecule has 0 fully saturated rings. The Morgan fingerprint density at radius 3 is 2.45 bits per heavy atom. The van der Waals surface area contributed by atoms with Gasteiger partial charge in [-0.25, -0.2) is 13.2 Å². The molecule has 2 aromatic carbocycles. The fourth-order valence-corrected chi connectivity index (χ4v) is 3.48. The number of carbonyl (C=O) groups excluding carboxylic acids is 2. The Balaban J connectivity index is 1.90. The number of carbonyl (C=O) groups is 2. The fraction of sp³-hybridized carbons (Fsp3) is 0.300. The van der Waals surface area contributed by atoms with Gasteiger partial charge < -0.3 is 10.1 Å². The Hall–Kier alpha value is -2.75. The van der Waals surface area contributed by atoms with Crippen molar-refractivity contribution < 1.29 is 27.6 Å². The van der Waals surface area contributed by atoms with Crippen molar-refractivity contribution >= 4 is 21.9 Å². The van der Waals surface area contributed by atoms with E-state index in [1.807, 2.05) is 37.3 Å². The topological polar surface area (TPSA) is 102 Å². The molecule has 0 radical (unpaired) electrons. The molecule has 0 saturated carbocycles. The second kappa shape index (κ2) is 10.1. The molecule has 0 aliphatic rings. The average Bonchev–Trinajstić information content (AvgIpc) is 2.75. The number of rotatable bonds is 9. The van der Waals surface area contributed by atoms with Gasteiger partial charge in [0.15, 0.2) is 6.61 Å². The van der Waals surface area contributed by atoms with Crippen molar-refractivity contribution in [1.82, 2.24) is 9.79 Å². The van der Waals surface area contributed by atoms with Crippen molar-refractivity contribution in [2.45, 2.75) is 17.7 Å². The maximum atomic E-state index is 12.3. The molecule has 8 nitrogen and oxygen atoms in total. The molecule has 0 aliphatic carbocycles. The third-order valence-corrected chi connectivity index (χ3v) is 5.95. The SMILES string of the molecule is CON(C)S(=O)(=O)c1cccc(C(=O)OCC(=O)NC[C@@H](C)c2ccccc2)c1. The zero-order valence-corrected chi connectivity index (χ0v) is 17.3. The first-order valence-electron chi connectivity index (χ1n) is 8.87. The predicted molar refractivity (Wildman–Crippen MR) is 107 cm³/mol. The van der Waals surface area contributed by atoms with Crippen LogP contribution in [0.5, 0.6) is 0 Å². The van der Waals surface area contributed by atoms with Gasteiger partial charge in [0, 0.05) is 13.6 Å².